The van der Waals surface area contributed by atoms with Gasteiger partial charge in [0, 0.05) is 24.9 Å². The van der Waals surface area contributed by atoms with Gasteiger partial charge in [-0.05, 0) is 66.6 Å². The molecule has 7 N–H and O–H groups in total. The molecule has 0 heterocycles. The summed E-state index contributed by atoms with van der Waals surface area (Å²) in [5, 5.41) is 66.9. The van der Waals surface area contributed by atoms with Crippen molar-refractivity contribution in [3.8, 4) is 0 Å². The molecule has 4 aliphatic carbocycles. The van der Waals surface area contributed by atoms with E-state index in [1.54, 1.807) is 0 Å². The predicted octanol–water partition coefficient (Wildman–Crippen LogP) is 1.27. The molecule has 10 nitrogen and oxygen atoms in total. The second kappa shape index (κ2) is 10.5. The van der Waals surface area contributed by atoms with Crippen molar-refractivity contribution in [2.45, 2.75) is 115 Å². The maximum Gasteiger partial charge on any atom is 0.397 e. The molecule has 38 heavy (non-hydrogen) atoms. The van der Waals surface area contributed by atoms with E-state index >= 15 is 0 Å². The summed E-state index contributed by atoms with van der Waals surface area (Å²) in [5.74, 6) is -1.83. The van der Waals surface area contributed by atoms with E-state index in [2.05, 4.69) is 6.92 Å². The minimum atomic E-state index is -4.79. The molecule has 14 atom stereocenters. The molecule has 0 amide bonds. The summed E-state index contributed by atoms with van der Waals surface area (Å²) in [5.41, 5.74) is -2.84. The lowest BCUT2D eigenvalue weighted by atomic mass is 9.41. The fourth-order valence-corrected chi connectivity index (χ4v) is 10.5. The van der Waals surface area contributed by atoms with E-state index in [1.165, 1.54) is 0 Å². The van der Waals surface area contributed by atoms with Gasteiger partial charge < -0.3 is 30.6 Å². The van der Waals surface area contributed by atoms with Crippen LogP contribution < -0.4 is 0 Å². The van der Waals surface area contributed by atoms with Crippen molar-refractivity contribution >= 4 is 10.4 Å². The van der Waals surface area contributed by atoms with E-state index in [4.69, 9.17) is 8.74 Å². The van der Waals surface area contributed by atoms with Crippen molar-refractivity contribution in [1.29, 1.82) is 0 Å². The summed E-state index contributed by atoms with van der Waals surface area (Å²) in [6.07, 6.45) is -1.80. The van der Waals surface area contributed by atoms with Gasteiger partial charge in [0.1, 0.15) is 6.10 Å². The molecule has 0 bridgehead atoms. The number of fused-ring (bicyclic) bond motifs is 5. The lowest BCUT2D eigenvalue weighted by molar-refractivity contribution is -0.279. The molecule has 0 radical (unpaired) electrons. The predicted molar refractivity (Wildman–Crippen MR) is 138 cm³/mol. The third-order valence-corrected chi connectivity index (χ3v) is 11.9. The van der Waals surface area contributed by atoms with E-state index in [-0.39, 0.29) is 37.2 Å². The van der Waals surface area contributed by atoms with Crippen LogP contribution in [0.5, 0.6) is 0 Å². The van der Waals surface area contributed by atoms with Crippen molar-refractivity contribution < 1.29 is 47.8 Å². The summed E-state index contributed by atoms with van der Waals surface area (Å²) in [7, 11) is -4.79. The maximum atomic E-state index is 12.4. The number of aliphatic hydroxyl groups is 6. The highest BCUT2D eigenvalue weighted by Gasteiger charge is 2.73. The first-order valence-electron chi connectivity index (χ1n) is 14.2. The van der Waals surface area contributed by atoms with E-state index in [0.29, 0.717) is 19.3 Å². The van der Waals surface area contributed by atoms with E-state index in [1.807, 2.05) is 20.8 Å². The highest BCUT2D eigenvalue weighted by molar-refractivity contribution is 7.80. The van der Waals surface area contributed by atoms with Crippen LogP contribution in [0.4, 0.5) is 0 Å². The molecule has 5 unspecified atom stereocenters. The Labute approximate surface area is 226 Å². The zero-order valence-corrected chi connectivity index (χ0v) is 23.8. The molecule has 4 saturated carbocycles. The Hall–Kier alpha value is -0.370. The third-order valence-electron chi connectivity index (χ3n) is 11.4. The summed E-state index contributed by atoms with van der Waals surface area (Å²) < 4.78 is 36.5. The zero-order valence-electron chi connectivity index (χ0n) is 23.0. The van der Waals surface area contributed by atoms with Gasteiger partial charge in [-0.25, -0.2) is 4.18 Å². The number of rotatable bonds is 8. The van der Waals surface area contributed by atoms with Gasteiger partial charge in [0.25, 0.3) is 0 Å². The third kappa shape index (κ3) is 4.87. The minimum absolute atomic E-state index is 0.0763. The fourth-order valence-electron chi connectivity index (χ4n) is 9.93. The summed E-state index contributed by atoms with van der Waals surface area (Å²) in [4.78, 5) is 0. The van der Waals surface area contributed by atoms with E-state index in [9.17, 15) is 39.1 Å². The van der Waals surface area contributed by atoms with Gasteiger partial charge in [0.15, 0.2) is 0 Å². The number of hydrogen-bond acceptors (Lipinski definition) is 9. The molecule has 0 aromatic heterocycles. The van der Waals surface area contributed by atoms with Crippen molar-refractivity contribution in [3.05, 3.63) is 0 Å². The van der Waals surface area contributed by atoms with Crippen LogP contribution in [0.1, 0.15) is 79.1 Å². The monoisotopic (exact) mass is 564 g/mol. The van der Waals surface area contributed by atoms with E-state index < -0.39 is 75.1 Å². The van der Waals surface area contributed by atoms with Crippen molar-refractivity contribution in [2.24, 2.45) is 46.3 Å². The van der Waals surface area contributed by atoms with Gasteiger partial charge in [-0.3, -0.25) is 4.55 Å². The smallest absolute Gasteiger partial charge is 0.396 e. The van der Waals surface area contributed by atoms with E-state index in [0.717, 1.165) is 19.3 Å². The van der Waals surface area contributed by atoms with Gasteiger partial charge in [0.05, 0.1) is 30.0 Å². The van der Waals surface area contributed by atoms with Crippen molar-refractivity contribution in [3.63, 3.8) is 0 Å². The molecule has 11 heteroatoms. The second-order valence-corrected chi connectivity index (χ2v) is 14.7. The van der Waals surface area contributed by atoms with Gasteiger partial charge in [-0.1, -0.05) is 40.5 Å². The molecule has 4 rings (SSSR count). The van der Waals surface area contributed by atoms with Gasteiger partial charge in [-0.2, -0.15) is 8.42 Å². The van der Waals surface area contributed by atoms with Crippen LogP contribution in [0, 0.1) is 46.3 Å². The Morgan fingerprint density at radius 1 is 0.947 bits per heavy atom. The quantitative estimate of drug-likeness (QED) is 0.212. The van der Waals surface area contributed by atoms with Crippen LogP contribution >= 0.6 is 0 Å². The summed E-state index contributed by atoms with van der Waals surface area (Å²) >= 11 is 0. The Morgan fingerprint density at radius 3 is 2.18 bits per heavy atom. The fraction of sp³-hybridized carbons (Fsp3) is 1.00. The summed E-state index contributed by atoms with van der Waals surface area (Å²) in [6.45, 7) is 8.13. The van der Waals surface area contributed by atoms with Gasteiger partial charge >= 0.3 is 10.4 Å². The molecule has 4 aliphatic rings. The SMILES string of the molecule is C[C@H](CO)CCC[C@@H](C)[C@H]1[C@@H](O)C(O)C2[C@]3(O)CC(O)C4[C@@H](O)[C@@H](OS(=O)(=O)O)CC[C@]4(C)C3CC[C@@]21C. The van der Waals surface area contributed by atoms with Crippen LogP contribution in [0.2, 0.25) is 0 Å². The first-order valence-corrected chi connectivity index (χ1v) is 15.6. The zero-order chi connectivity index (χ0) is 28.4. The van der Waals surface area contributed by atoms with Crippen LogP contribution in [0.15, 0.2) is 0 Å². The average molecular weight is 565 g/mol. The molecule has 0 saturated heterocycles. The summed E-state index contributed by atoms with van der Waals surface area (Å²) in [6, 6.07) is 0. The van der Waals surface area contributed by atoms with Crippen LogP contribution in [0.3, 0.4) is 0 Å². The highest BCUT2D eigenvalue weighted by atomic mass is 32.3. The molecule has 0 spiro atoms. The van der Waals surface area contributed by atoms with Gasteiger partial charge in [-0.15, -0.1) is 0 Å². The minimum Gasteiger partial charge on any atom is -0.396 e. The lowest BCUT2D eigenvalue weighted by Gasteiger charge is -2.66. The molecule has 4 fully saturated rings. The van der Waals surface area contributed by atoms with Crippen molar-refractivity contribution in [2.75, 3.05) is 6.61 Å². The first-order chi connectivity index (χ1) is 17.5. The normalized spacial score (nSPS) is 50.6. The molecule has 0 aromatic carbocycles. The Kier molecular flexibility index (Phi) is 8.43. The molecular formula is C27H48O10S. The second-order valence-electron chi connectivity index (χ2n) is 13.7. The molecular weight excluding hydrogens is 516 g/mol. The Bertz CT molecular complexity index is 962. The average Bonchev–Trinajstić information content (AvgIpc) is 3.00. The van der Waals surface area contributed by atoms with Gasteiger partial charge in [0.2, 0.25) is 0 Å². The molecule has 222 valence electrons. The maximum absolute atomic E-state index is 12.4. The molecule has 0 aromatic rings. The first kappa shape index (κ1) is 30.6. The standard InChI is InChI=1S/C27H48O10S/c1-14(13-28)6-5-7-15(2)19-22(31)23(32)24-26(19,4)11-9-18-25(3)10-8-17(37-38(34,35)36)21(30)20(25)16(29)12-27(18,24)33/h14-24,28-33H,5-13H2,1-4H3,(H,34,35,36)/t14-,15+,16?,17-,18?,19-,20?,21-,22+,23?,24?,25+,26+,27-/m0/s1. The number of hydrogen-bond donors (Lipinski definition) is 7. The topological polar surface area (TPSA) is 185 Å². The number of aliphatic hydroxyl groups excluding tert-OH is 5. The van der Waals surface area contributed by atoms with Crippen LogP contribution in [-0.2, 0) is 14.6 Å². The van der Waals surface area contributed by atoms with Crippen LogP contribution in [0.25, 0.3) is 0 Å². The molecule has 0 aliphatic heterocycles. The Balaban J connectivity index is 1.61. The lowest BCUT2D eigenvalue weighted by Crippen LogP contribution is -2.71. The largest absolute Gasteiger partial charge is 0.397 e. The Morgan fingerprint density at radius 2 is 1.58 bits per heavy atom. The highest BCUT2D eigenvalue weighted by Crippen LogP contribution is 2.70. The van der Waals surface area contributed by atoms with Crippen molar-refractivity contribution in [1.82, 2.24) is 0 Å². The van der Waals surface area contributed by atoms with Crippen LogP contribution in [-0.4, -0.2) is 86.3 Å².